The SMILES string of the molecule is COc1cccc(C(C)=NNc2ccc([N+](=O)[O-])cc2S(=O)(=O)Nc2ccc(C)cc2C)c1. The summed E-state index contributed by atoms with van der Waals surface area (Å²) in [5.74, 6) is 0.651. The number of aryl methyl sites for hydroxylation is 2. The van der Waals surface area contributed by atoms with Gasteiger partial charge in [-0.3, -0.25) is 20.3 Å². The van der Waals surface area contributed by atoms with Crippen molar-refractivity contribution in [2.24, 2.45) is 5.10 Å². The van der Waals surface area contributed by atoms with E-state index in [9.17, 15) is 18.5 Å². The molecule has 0 amide bonds. The van der Waals surface area contributed by atoms with Crippen LogP contribution in [-0.2, 0) is 10.0 Å². The van der Waals surface area contributed by atoms with Gasteiger partial charge in [-0.2, -0.15) is 5.10 Å². The van der Waals surface area contributed by atoms with Crippen LogP contribution in [0, 0.1) is 24.0 Å². The van der Waals surface area contributed by atoms with Crippen LogP contribution in [0.3, 0.4) is 0 Å². The molecule has 3 rings (SSSR count). The molecule has 0 aliphatic rings. The van der Waals surface area contributed by atoms with E-state index in [1.165, 1.54) is 12.1 Å². The molecule has 172 valence electrons. The minimum absolute atomic E-state index is 0.0973. The number of hydrazone groups is 1. The molecule has 0 saturated heterocycles. The number of ether oxygens (including phenoxy) is 1. The van der Waals surface area contributed by atoms with E-state index in [-0.39, 0.29) is 16.3 Å². The van der Waals surface area contributed by atoms with Gasteiger partial charge in [0, 0.05) is 17.7 Å². The zero-order chi connectivity index (χ0) is 24.2. The molecule has 0 aliphatic heterocycles. The second-order valence-corrected chi connectivity index (χ2v) is 9.05. The van der Waals surface area contributed by atoms with Gasteiger partial charge >= 0.3 is 0 Å². The minimum atomic E-state index is -4.16. The number of nitrogens with zero attached hydrogens (tertiary/aromatic N) is 2. The first-order valence-electron chi connectivity index (χ1n) is 9.94. The Hall–Kier alpha value is -3.92. The van der Waals surface area contributed by atoms with Crippen molar-refractivity contribution in [3.8, 4) is 5.75 Å². The van der Waals surface area contributed by atoms with Crippen molar-refractivity contribution in [2.75, 3.05) is 17.3 Å². The van der Waals surface area contributed by atoms with Gasteiger partial charge in [-0.05, 0) is 50.6 Å². The Morgan fingerprint density at radius 3 is 2.42 bits per heavy atom. The number of non-ortho nitro benzene ring substituents is 1. The molecule has 0 unspecified atom stereocenters. The monoisotopic (exact) mass is 468 g/mol. The summed E-state index contributed by atoms with van der Waals surface area (Å²) >= 11 is 0. The number of anilines is 2. The molecule has 0 bridgehead atoms. The number of rotatable bonds is 8. The molecule has 0 aromatic heterocycles. The molecular weight excluding hydrogens is 444 g/mol. The smallest absolute Gasteiger partial charge is 0.270 e. The fraction of sp³-hybridized carbons (Fsp3) is 0.174. The van der Waals surface area contributed by atoms with Gasteiger partial charge in [0.05, 0.1) is 29.1 Å². The lowest BCUT2D eigenvalue weighted by Gasteiger charge is -2.14. The fourth-order valence-corrected chi connectivity index (χ4v) is 4.43. The number of hydrogen-bond acceptors (Lipinski definition) is 7. The lowest BCUT2D eigenvalue weighted by molar-refractivity contribution is -0.385. The minimum Gasteiger partial charge on any atom is -0.497 e. The molecule has 0 fully saturated rings. The number of nitrogens with one attached hydrogen (secondary N) is 2. The van der Waals surface area contributed by atoms with Crippen molar-refractivity contribution in [2.45, 2.75) is 25.7 Å². The third-order valence-corrected chi connectivity index (χ3v) is 6.33. The highest BCUT2D eigenvalue weighted by atomic mass is 32.2. The molecule has 10 heteroatoms. The van der Waals surface area contributed by atoms with E-state index in [4.69, 9.17) is 4.74 Å². The highest BCUT2D eigenvalue weighted by Gasteiger charge is 2.23. The quantitative estimate of drug-likeness (QED) is 0.277. The summed E-state index contributed by atoms with van der Waals surface area (Å²) in [6, 6.07) is 16.0. The highest BCUT2D eigenvalue weighted by Crippen LogP contribution is 2.29. The van der Waals surface area contributed by atoms with Crippen molar-refractivity contribution in [3.63, 3.8) is 0 Å². The lowest BCUT2D eigenvalue weighted by Crippen LogP contribution is -2.16. The summed E-state index contributed by atoms with van der Waals surface area (Å²) in [6.07, 6.45) is 0. The van der Waals surface area contributed by atoms with Gasteiger partial charge in [0.25, 0.3) is 15.7 Å². The number of methoxy groups -OCH3 is 1. The predicted molar refractivity (Wildman–Crippen MR) is 129 cm³/mol. The molecule has 3 aromatic carbocycles. The topological polar surface area (TPSA) is 123 Å². The molecule has 0 spiro atoms. The Balaban J connectivity index is 1.99. The number of nitro benzene ring substituents is 1. The Kier molecular flexibility index (Phi) is 6.98. The van der Waals surface area contributed by atoms with Crippen molar-refractivity contribution >= 4 is 32.8 Å². The van der Waals surface area contributed by atoms with E-state index in [0.29, 0.717) is 17.1 Å². The van der Waals surface area contributed by atoms with E-state index in [2.05, 4.69) is 15.2 Å². The van der Waals surface area contributed by atoms with Crippen molar-refractivity contribution in [3.05, 3.63) is 87.5 Å². The Bertz CT molecular complexity index is 1340. The highest BCUT2D eigenvalue weighted by molar-refractivity contribution is 7.92. The molecule has 9 nitrogen and oxygen atoms in total. The summed E-state index contributed by atoms with van der Waals surface area (Å²) in [6.45, 7) is 5.42. The second kappa shape index (κ2) is 9.70. The number of sulfonamides is 1. The number of hydrogen-bond donors (Lipinski definition) is 2. The third kappa shape index (κ3) is 5.66. The molecule has 0 aliphatic carbocycles. The molecule has 2 N–H and O–H groups in total. The summed E-state index contributed by atoms with van der Waals surface area (Å²) < 4.78 is 34.1. The van der Waals surface area contributed by atoms with Gasteiger partial charge in [-0.1, -0.05) is 29.8 Å². The average Bonchev–Trinajstić information content (AvgIpc) is 2.79. The van der Waals surface area contributed by atoms with Gasteiger partial charge in [-0.25, -0.2) is 8.42 Å². The normalized spacial score (nSPS) is 11.7. The van der Waals surface area contributed by atoms with Crippen LogP contribution in [0.5, 0.6) is 5.75 Å². The van der Waals surface area contributed by atoms with Crippen molar-refractivity contribution in [1.82, 2.24) is 0 Å². The van der Waals surface area contributed by atoms with Gasteiger partial charge in [0.1, 0.15) is 10.6 Å². The summed E-state index contributed by atoms with van der Waals surface area (Å²) in [7, 11) is -2.61. The van der Waals surface area contributed by atoms with Crippen LogP contribution in [0.15, 0.2) is 70.7 Å². The van der Waals surface area contributed by atoms with Gasteiger partial charge in [0.15, 0.2) is 0 Å². The number of benzene rings is 3. The Morgan fingerprint density at radius 1 is 1.03 bits per heavy atom. The third-order valence-electron chi connectivity index (χ3n) is 4.92. The van der Waals surface area contributed by atoms with Crippen LogP contribution in [0.2, 0.25) is 0 Å². The van der Waals surface area contributed by atoms with Crippen LogP contribution in [0.1, 0.15) is 23.6 Å². The molecule has 3 aromatic rings. The summed E-state index contributed by atoms with van der Waals surface area (Å²) in [4.78, 5) is 10.3. The average molecular weight is 469 g/mol. The number of nitro groups is 1. The van der Waals surface area contributed by atoms with Gasteiger partial charge in [-0.15, -0.1) is 0 Å². The first-order chi connectivity index (χ1) is 15.6. The Labute approximate surface area is 192 Å². The van der Waals surface area contributed by atoms with Gasteiger partial charge in [0.2, 0.25) is 0 Å². The molecule has 0 radical (unpaired) electrons. The second-order valence-electron chi connectivity index (χ2n) is 7.40. The lowest BCUT2D eigenvalue weighted by atomic mass is 10.1. The van der Waals surface area contributed by atoms with E-state index < -0.39 is 14.9 Å². The first kappa shape index (κ1) is 23.7. The maximum atomic E-state index is 13.2. The maximum Gasteiger partial charge on any atom is 0.270 e. The van der Waals surface area contributed by atoms with Gasteiger partial charge < -0.3 is 4.74 Å². The molecule has 0 heterocycles. The molecule has 0 saturated carbocycles. The zero-order valence-electron chi connectivity index (χ0n) is 18.6. The van der Waals surface area contributed by atoms with Crippen LogP contribution in [-0.4, -0.2) is 26.2 Å². The fourth-order valence-electron chi connectivity index (χ4n) is 3.12. The summed E-state index contributed by atoms with van der Waals surface area (Å²) in [5, 5.41) is 15.6. The van der Waals surface area contributed by atoms with Crippen LogP contribution in [0.4, 0.5) is 17.1 Å². The maximum absolute atomic E-state index is 13.2. The van der Waals surface area contributed by atoms with Crippen molar-refractivity contribution < 1.29 is 18.1 Å². The molecule has 0 atom stereocenters. The largest absolute Gasteiger partial charge is 0.497 e. The molecular formula is C23H24N4O5S. The Morgan fingerprint density at radius 2 is 1.76 bits per heavy atom. The van der Waals surface area contributed by atoms with E-state index >= 15 is 0 Å². The standard InChI is InChI=1S/C23H24N4O5S/c1-15-8-10-21(16(2)12-15)26-33(30,31)23-14-19(27(28)29)9-11-22(23)25-24-17(3)18-6-5-7-20(13-18)32-4/h5-14,25-26H,1-4H3. The van der Waals surface area contributed by atoms with Crippen molar-refractivity contribution in [1.29, 1.82) is 0 Å². The molecule has 33 heavy (non-hydrogen) atoms. The first-order valence-corrected chi connectivity index (χ1v) is 11.4. The van der Waals surface area contributed by atoms with E-state index in [1.807, 2.05) is 25.1 Å². The van der Waals surface area contributed by atoms with Crippen LogP contribution < -0.4 is 14.9 Å². The van der Waals surface area contributed by atoms with Crippen LogP contribution in [0.25, 0.3) is 0 Å². The van der Waals surface area contributed by atoms with Crippen LogP contribution >= 0.6 is 0 Å². The van der Waals surface area contributed by atoms with E-state index in [1.54, 1.807) is 45.2 Å². The van der Waals surface area contributed by atoms with E-state index in [0.717, 1.165) is 22.8 Å². The zero-order valence-corrected chi connectivity index (χ0v) is 19.4. The predicted octanol–water partition coefficient (Wildman–Crippen LogP) is 4.86. The summed E-state index contributed by atoms with van der Waals surface area (Å²) in [5.41, 5.74) is 5.91.